The Hall–Kier alpha value is -0.280. The highest BCUT2D eigenvalue weighted by molar-refractivity contribution is 6.42. The average molecular weight is 261 g/mol. The number of rotatable bonds is 6. The van der Waals surface area contributed by atoms with E-state index in [0.29, 0.717) is 10.0 Å². The van der Waals surface area contributed by atoms with Gasteiger partial charge in [-0.1, -0.05) is 55.5 Å². The molecule has 1 aromatic rings. The van der Waals surface area contributed by atoms with Gasteiger partial charge in [0.2, 0.25) is 0 Å². The summed E-state index contributed by atoms with van der Waals surface area (Å²) in [5.41, 5.74) is 3.91. The predicted octanol–water partition coefficient (Wildman–Crippen LogP) is 4.08. The first-order valence-corrected chi connectivity index (χ1v) is 6.35. The van der Waals surface area contributed by atoms with E-state index in [1.807, 2.05) is 18.2 Å². The summed E-state index contributed by atoms with van der Waals surface area (Å²) in [5.74, 6) is 5.55. The third-order valence-electron chi connectivity index (χ3n) is 2.64. The van der Waals surface area contributed by atoms with Gasteiger partial charge in [0.25, 0.3) is 0 Å². The molecule has 16 heavy (non-hydrogen) atoms. The van der Waals surface area contributed by atoms with Crippen molar-refractivity contribution in [2.45, 2.75) is 38.6 Å². The van der Waals surface area contributed by atoms with Gasteiger partial charge in [-0.05, 0) is 24.1 Å². The van der Waals surface area contributed by atoms with Crippen LogP contribution in [-0.2, 0) is 0 Å². The quantitative estimate of drug-likeness (QED) is 0.460. The molecule has 1 aromatic carbocycles. The normalized spacial score (nSPS) is 12.8. The average Bonchev–Trinajstić information content (AvgIpc) is 2.29. The van der Waals surface area contributed by atoms with E-state index in [0.717, 1.165) is 18.4 Å². The lowest BCUT2D eigenvalue weighted by Crippen LogP contribution is -2.27. The number of nitrogens with one attached hydrogen (secondary N) is 1. The lowest BCUT2D eigenvalue weighted by molar-refractivity contribution is 0.487. The van der Waals surface area contributed by atoms with Gasteiger partial charge in [0.1, 0.15) is 0 Å². The largest absolute Gasteiger partial charge is 0.271 e. The maximum atomic E-state index is 5.98. The predicted molar refractivity (Wildman–Crippen MR) is 70.7 cm³/mol. The molecule has 0 fully saturated rings. The summed E-state index contributed by atoms with van der Waals surface area (Å²) in [7, 11) is 0. The van der Waals surface area contributed by atoms with Crippen molar-refractivity contribution in [2.24, 2.45) is 5.84 Å². The van der Waals surface area contributed by atoms with Gasteiger partial charge < -0.3 is 0 Å². The van der Waals surface area contributed by atoms with E-state index >= 15 is 0 Å². The standard InChI is InChI=1S/C12H18Cl2N2/c1-2-3-4-5-12(16-15)9-6-7-10(13)11(14)8-9/h6-8,12,16H,2-5,15H2,1H3. The van der Waals surface area contributed by atoms with Crippen LogP contribution in [0.1, 0.15) is 44.2 Å². The third-order valence-corrected chi connectivity index (χ3v) is 3.38. The van der Waals surface area contributed by atoms with E-state index in [1.54, 1.807) is 0 Å². The second-order valence-electron chi connectivity index (χ2n) is 3.89. The van der Waals surface area contributed by atoms with Crippen LogP contribution in [0.15, 0.2) is 18.2 Å². The van der Waals surface area contributed by atoms with Crippen LogP contribution in [0.4, 0.5) is 0 Å². The molecule has 0 heterocycles. The SMILES string of the molecule is CCCCCC(NN)c1ccc(Cl)c(Cl)c1. The van der Waals surface area contributed by atoms with Gasteiger partial charge >= 0.3 is 0 Å². The van der Waals surface area contributed by atoms with Gasteiger partial charge in [0, 0.05) is 6.04 Å². The van der Waals surface area contributed by atoms with E-state index in [4.69, 9.17) is 29.0 Å². The molecule has 0 spiro atoms. The zero-order valence-corrected chi connectivity index (χ0v) is 11.0. The second kappa shape index (κ2) is 7.13. The van der Waals surface area contributed by atoms with Crippen molar-refractivity contribution in [3.63, 3.8) is 0 Å². The molecule has 3 N–H and O–H groups in total. The van der Waals surface area contributed by atoms with Crippen molar-refractivity contribution in [2.75, 3.05) is 0 Å². The first-order chi connectivity index (χ1) is 7.69. The molecule has 1 rings (SSSR count). The van der Waals surface area contributed by atoms with E-state index in [1.165, 1.54) is 12.8 Å². The Labute approximate surface area is 107 Å². The van der Waals surface area contributed by atoms with Crippen LogP contribution < -0.4 is 11.3 Å². The summed E-state index contributed by atoms with van der Waals surface area (Å²) < 4.78 is 0. The van der Waals surface area contributed by atoms with E-state index in [-0.39, 0.29) is 6.04 Å². The van der Waals surface area contributed by atoms with Crippen LogP contribution in [0.25, 0.3) is 0 Å². The molecule has 0 saturated carbocycles. The molecule has 1 unspecified atom stereocenters. The third kappa shape index (κ3) is 3.95. The molecule has 0 aliphatic heterocycles. The number of hydrogen-bond donors (Lipinski definition) is 2. The Bertz CT molecular complexity index is 329. The fourth-order valence-corrected chi connectivity index (χ4v) is 1.98. The van der Waals surface area contributed by atoms with Crippen LogP contribution >= 0.6 is 23.2 Å². The summed E-state index contributed by atoms with van der Waals surface area (Å²) in [4.78, 5) is 0. The van der Waals surface area contributed by atoms with Crippen molar-refractivity contribution < 1.29 is 0 Å². The number of benzene rings is 1. The van der Waals surface area contributed by atoms with E-state index < -0.39 is 0 Å². The van der Waals surface area contributed by atoms with Gasteiger partial charge in [-0.3, -0.25) is 11.3 Å². The fourth-order valence-electron chi connectivity index (χ4n) is 1.67. The van der Waals surface area contributed by atoms with Crippen LogP contribution in [0.3, 0.4) is 0 Å². The minimum absolute atomic E-state index is 0.154. The van der Waals surface area contributed by atoms with Crippen LogP contribution in [0.2, 0.25) is 10.0 Å². The molecule has 0 aromatic heterocycles. The molecule has 0 amide bonds. The monoisotopic (exact) mass is 260 g/mol. The molecule has 0 saturated heterocycles. The summed E-state index contributed by atoms with van der Waals surface area (Å²) >= 11 is 11.8. The van der Waals surface area contributed by atoms with Gasteiger partial charge in [-0.2, -0.15) is 0 Å². The molecule has 0 bridgehead atoms. The Morgan fingerprint density at radius 1 is 1.25 bits per heavy atom. The molecule has 2 nitrogen and oxygen atoms in total. The zero-order chi connectivity index (χ0) is 12.0. The summed E-state index contributed by atoms with van der Waals surface area (Å²) in [5, 5.41) is 1.16. The fraction of sp³-hybridized carbons (Fsp3) is 0.500. The Morgan fingerprint density at radius 3 is 2.56 bits per heavy atom. The van der Waals surface area contributed by atoms with Gasteiger partial charge in [0.05, 0.1) is 10.0 Å². The van der Waals surface area contributed by atoms with Crippen molar-refractivity contribution in [1.29, 1.82) is 0 Å². The highest BCUT2D eigenvalue weighted by Crippen LogP contribution is 2.27. The van der Waals surface area contributed by atoms with Crippen molar-refractivity contribution in [1.82, 2.24) is 5.43 Å². The summed E-state index contributed by atoms with van der Waals surface area (Å²) in [6.45, 7) is 2.18. The van der Waals surface area contributed by atoms with Crippen LogP contribution in [0, 0.1) is 0 Å². The van der Waals surface area contributed by atoms with E-state index in [9.17, 15) is 0 Å². The van der Waals surface area contributed by atoms with Crippen LogP contribution in [-0.4, -0.2) is 0 Å². The molecule has 0 radical (unpaired) electrons. The van der Waals surface area contributed by atoms with Crippen molar-refractivity contribution in [3.8, 4) is 0 Å². The highest BCUT2D eigenvalue weighted by atomic mass is 35.5. The van der Waals surface area contributed by atoms with Crippen molar-refractivity contribution >= 4 is 23.2 Å². The molecular formula is C12H18Cl2N2. The maximum absolute atomic E-state index is 5.98. The lowest BCUT2D eigenvalue weighted by Gasteiger charge is -2.16. The number of nitrogens with two attached hydrogens (primary N) is 1. The Morgan fingerprint density at radius 2 is 2.00 bits per heavy atom. The Balaban J connectivity index is 2.67. The number of hydrogen-bond acceptors (Lipinski definition) is 2. The lowest BCUT2D eigenvalue weighted by atomic mass is 10.0. The number of unbranched alkanes of at least 4 members (excludes halogenated alkanes) is 2. The summed E-state index contributed by atoms with van der Waals surface area (Å²) in [6, 6.07) is 5.80. The molecule has 4 heteroatoms. The second-order valence-corrected chi connectivity index (χ2v) is 4.70. The number of hydrazine groups is 1. The Kier molecular flexibility index (Phi) is 6.14. The van der Waals surface area contributed by atoms with Crippen LogP contribution in [0.5, 0.6) is 0 Å². The first-order valence-electron chi connectivity index (χ1n) is 5.60. The molecule has 0 aliphatic carbocycles. The van der Waals surface area contributed by atoms with E-state index in [2.05, 4.69) is 12.3 Å². The topological polar surface area (TPSA) is 38.0 Å². The molecule has 1 atom stereocenters. The zero-order valence-electron chi connectivity index (χ0n) is 9.47. The van der Waals surface area contributed by atoms with Gasteiger partial charge in [0.15, 0.2) is 0 Å². The molecule has 0 aliphatic rings. The summed E-state index contributed by atoms with van der Waals surface area (Å²) in [6.07, 6.45) is 4.60. The molecular weight excluding hydrogens is 243 g/mol. The maximum Gasteiger partial charge on any atom is 0.0595 e. The minimum Gasteiger partial charge on any atom is -0.271 e. The van der Waals surface area contributed by atoms with Gasteiger partial charge in [-0.15, -0.1) is 0 Å². The smallest absolute Gasteiger partial charge is 0.0595 e. The highest BCUT2D eigenvalue weighted by Gasteiger charge is 2.10. The van der Waals surface area contributed by atoms with Gasteiger partial charge in [-0.25, -0.2) is 0 Å². The first kappa shape index (κ1) is 13.8. The number of halogens is 2. The van der Waals surface area contributed by atoms with Crippen molar-refractivity contribution in [3.05, 3.63) is 33.8 Å². The minimum atomic E-state index is 0.154. The molecule has 90 valence electrons.